The van der Waals surface area contributed by atoms with Crippen LogP contribution >= 0.6 is 0 Å². The molecule has 0 aromatic rings. The van der Waals surface area contributed by atoms with E-state index in [1.807, 2.05) is 0 Å². The Kier molecular flexibility index (Phi) is 4.09. The Labute approximate surface area is 142 Å². The van der Waals surface area contributed by atoms with Gasteiger partial charge in [-0.3, -0.25) is 9.59 Å². The van der Waals surface area contributed by atoms with E-state index >= 15 is 0 Å². The van der Waals surface area contributed by atoms with Crippen molar-refractivity contribution >= 4 is 21.7 Å². The molecule has 1 aliphatic heterocycles. The van der Waals surface area contributed by atoms with Crippen LogP contribution in [0.15, 0.2) is 0 Å². The highest BCUT2D eigenvalue weighted by Gasteiger charge is 2.51. The van der Waals surface area contributed by atoms with E-state index in [2.05, 4.69) is 5.32 Å². The fraction of sp³-hybridized carbons (Fsp3) is 0.882. The first-order valence-electron chi connectivity index (χ1n) is 9.06. The molecular weight excluding hydrogens is 330 g/mol. The summed E-state index contributed by atoms with van der Waals surface area (Å²) in [5, 5.41) is 2.66. The van der Waals surface area contributed by atoms with Crippen LogP contribution in [0.5, 0.6) is 0 Å². The van der Waals surface area contributed by atoms with Crippen LogP contribution in [-0.2, 0) is 24.2 Å². The van der Waals surface area contributed by atoms with Gasteiger partial charge in [0.15, 0.2) is 16.4 Å². The maximum absolute atomic E-state index is 12.5. The van der Waals surface area contributed by atoms with Gasteiger partial charge in [-0.1, -0.05) is 0 Å². The molecule has 4 aliphatic carbocycles. The van der Waals surface area contributed by atoms with Crippen LogP contribution in [0.25, 0.3) is 0 Å². The predicted molar refractivity (Wildman–Crippen MR) is 86.7 cm³/mol. The molecule has 0 aromatic carbocycles. The van der Waals surface area contributed by atoms with Crippen LogP contribution in [0, 0.1) is 29.6 Å². The van der Waals surface area contributed by atoms with Crippen LogP contribution in [0.4, 0.5) is 0 Å². The standard InChI is InChI=1S/C17H25NO5S/c19-15(18-14-1-2-24(21,22)9-14)8-23-17(20)16-12-4-10-3-11(6-12)7-13(16)5-10/h10-14,16H,1-9H2,(H,18,19)/t10?,11?,12?,13?,14-,16?/m1/s1. The first-order valence-corrected chi connectivity index (χ1v) is 10.9. The van der Waals surface area contributed by atoms with Crippen LogP contribution in [0.3, 0.4) is 0 Å². The number of rotatable bonds is 4. The van der Waals surface area contributed by atoms with E-state index in [-0.39, 0.29) is 36.0 Å². The molecule has 5 rings (SSSR count). The van der Waals surface area contributed by atoms with Gasteiger partial charge in [0.1, 0.15) is 0 Å². The average Bonchev–Trinajstić information content (AvgIpc) is 2.83. The Morgan fingerprint density at radius 2 is 1.62 bits per heavy atom. The number of hydrogen-bond donors (Lipinski definition) is 1. The minimum atomic E-state index is -3.02. The summed E-state index contributed by atoms with van der Waals surface area (Å²) in [4.78, 5) is 24.4. The largest absolute Gasteiger partial charge is 0.455 e. The quantitative estimate of drug-likeness (QED) is 0.757. The molecule has 1 amide bonds. The van der Waals surface area contributed by atoms with Gasteiger partial charge in [0.05, 0.1) is 17.4 Å². The van der Waals surface area contributed by atoms with Crippen molar-refractivity contribution in [2.24, 2.45) is 29.6 Å². The molecule has 6 nitrogen and oxygen atoms in total. The highest BCUT2D eigenvalue weighted by molar-refractivity contribution is 7.91. The van der Waals surface area contributed by atoms with Crippen molar-refractivity contribution in [3.63, 3.8) is 0 Å². The van der Waals surface area contributed by atoms with Crippen LogP contribution < -0.4 is 5.32 Å². The monoisotopic (exact) mass is 355 g/mol. The van der Waals surface area contributed by atoms with Gasteiger partial charge in [-0.25, -0.2) is 8.42 Å². The Bertz CT molecular complexity index is 615. The molecule has 1 saturated heterocycles. The van der Waals surface area contributed by atoms with E-state index < -0.39 is 15.7 Å². The molecule has 5 aliphatic rings. The second-order valence-corrected chi connectivity index (χ2v) is 10.5. The summed E-state index contributed by atoms with van der Waals surface area (Å²) in [6.07, 6.45) is 6.33. The van der Waals surface area contributed by atoms with Gasteiger partial charge >= 0.3 is 5.97 Å². The number of carbonyl (C=O) groups is 2. The molecule has 4 bridgehead atoms. The van der Waals surface area contributed by atoms with Crippen LogP contribution in [0.1, 0.15) is 38.5 Å². The molecule has 0 unspecified atom stereocenters. The first-order chi connectivity index (χ1) is 11.4. The number of sulfone groups is 1. The molecule has 134 valence electrons. The van der Waals surface area contributed by atoms with Gasteiger partial charge in [0.25, 0.3) is 5.91 Å². The van der Waals surface area contributed by atoms with Crippen molar-refractivity contribution in [1.82, 2.24) is 5.32 Å². The maximum Gasteiger partial charge on any atom is 0.310 e. The fourth-order valence-corrected chi connectivity index (χ4v) is 7.39. The summed E-state index contributed by atoms with van der Waals surface area (Å²) in [6, 6.07) is -0.345. The van der Waals surface area contributed by atoms with Gasteiger partial charge < -0.3 is 10.1 Å². The molecule has 0 spiro atoms. The Hall–Kier alpha value is -1.11. The lowest BCUT2D eigenvalue weighted by atomic mass is 9.52. The van der Waals surface area contributed by atoms with Crippen molar-refractivity contribution in [1.29, 1.82) is 0 Å². The van der Waals surface area contributed by atoms with Crippen LogP contribution in [-0.4, -0.2) is 44.4 Å². The summed E-state index contributed by atoms with van der Waals surface area (Å²) >= 11 is 0. The summed E-state index contributed by atoms with van der Waals surface area (Å²) in [5.41, 5.74) is 0. The van der Waals surface area contributed by atoms with E-state index in [0.29, 0.717) is 18.3 Å². The van der Waals surface area contributed by atoms with Gasteiger partial charge in [-0.2, -0.15) is 0 Å². The number of esters is 1. The third-order valence-electron chi connectivity index (χ3n) is 6.44. The molecule has 7 heteroatoms. The second-order valence-electron chi connectivity index (χ2n) is 8.23. The van der Waals surface area contributed by atoms with Gasteiger partial charge in [-0.05, 0) is 62.2 Å². The third-order valence-corrected chi connectivity index (χ3v) is 8.21. The minimum absolute atomic E-state index is 0.0117. The van der Waals surface area contributed by atoms with E-state index in [4.69, 9.17) is 4.74 Å². The van der Waals surface area contributed by atoms with E-state index in [1.165, 1.54) is 6.42 Å². The molecule has 1 heterocycles. The molecular formula is C17H25NO5S. The van der Waals surface area contributed by atoms with Gasteiger partial charge in [0.2, 0.25) is 0 Å². The van der Waals surface area contributed by atoms with Crippen molar-refractivity contribution in [3.8, 4) is 0 Å². The summed E-state index contributed by atoms with van der Waals surface area (Å²) in [6.45, 7) is -0.293. The van der Waals surface area contributed by atoms with Crippen molar-refractivity contribution < 1.29 is 22.7 Å². The van der Waals surface area contributed by atoms with E-state index in [1.54, 1.807) is 0 Å². The topological polar surface area (TPSA) is 89.5 Å². The molecule has 1 atom stereocenters. The number of hydrogen-bond acceptors (Lipinski definition) is 5. The molecule has 0 radical (unpaired) electrons. The Morgan fingerprint density at radius 3 is 2.17 bits per heavy atom. The SMILES string of the molecule is O=C(COC(=O)C1C2CC3CC(C2)CC1C3)N[C@@H]1CCS(=O)(=O)C1. The Morgan fingerprint density at radius 1 is 1.00 bits per heavy atom. The van der Waals surface area contributed by atoms with Crippen molar-refractivity contribution in [2.75, 3.05) is 18.1 Å². The molecule has 24 heavy (non-hydrogen) atoms. The summed E-state index contributed by atoms with van der Waals surface area (Å²) in [5.74, 6) is 1.93. The maximum atomic E-state index is 12.5. The number of nitrogens with one attached hydrogen (secondary N) is 1. The predicted octanol–water partition coefficient (Wildman–Crippen LogP) is 0.905. The minimum Gasteiger partial charge on any atom is -0.455 e. The lowest BCUT2D eigenvalue weighted by molar-refractivity contribution is -0.164. The number of carbonyl (C=O) groups excluding carboxylic acids is 2. The smallest absolute Gasteiger partial charge is 0.310 e. The van der Waals surface area contributed by atoms with E-state index in [0.717, 1.165) is 37.5 Å². The first kappa shape index (κ1) is 16.4. The van der Waals surface area contributed by atoms with Gasteiger partial charge in [-0.15, -0.1) is 0 Å². The van der Waals surface area contributed by atoms with Crippen LogP contribution in [0.2, 0.25) is 0 Å². The molecule has 5 fully saturated rings. The normalized spacial score (nSPS) is 42.0. The van der Waals surface area contributed by atoms with Crippen molar-refractivity contribution in [3.05, 3.63) is 0 Å². The third kappa shape index (κ3) is 3.19. The summed E-state index contributed by atoms with van der Waals surface area (Å²) in [7, 11) is -3.02. The number of ether oxygens (including phenoxy) is 1. The highest BCUT2D eigenvalue weighted by Crippen LogP contribution is 2.56. The summed E-state index contributed by atoms with van der Waals surface area (Å²) < 4.78 is 28.1. The average molecular weight is 355 g/mol. The lowest BCUT2D eigenvalue weighted by Crippen LogP contribution is -2.49. The van der Waals surface area contributed by atoms with Gasteiger partial charge in [0, 0.05) is 6.04 Å². The van der Waals surface area contributed by atoms with Crippen molar-refractivity contribution in [2.45, 2.75) is 44.6 Å². The lowest BCUT2D eigenvalue weighted by Gasteiger charge is -2.53. The Balaban J connectivity index is 1.27. The zero-order valence-corrected chi connectivity index (χ0v) is 14.6. The highest BCUT2D eigenvalue weighted by atomic mass is 32.2. The fourth-order valence-electron chi connectivity index (χ4n) is 5.72. The zero-order chi connectivity index (χ0) is 16.9. The zero-order valence-electron chi connectivity index (χ0n) is 13.8. The molecule has 0 aromatic heterocycles. The molecule has 4 saturated carbocycles. The number of amides is 1. The second kappa shape index (κ2) is 6.00. The van der Waals surface area contributed by atoms with E-state index in [9.17, 15) is 18.0 Å². The molecule has 1 N–H and O–H groups in total.